The molecule has 0 aromatic rings. The zero-order valence-corrected chi connectivity index (χ0v) is 10.9. The first-order valence-electron chi connectivity index (χ1n) is 6.23. The van der Waals surface area contributed by atoms with Crippen molar-refractivity contribution in [1.29, 1.82) is 0 Å². The quantitative estimate of drug-likeness (QED) is 0.743. The highest BCUT2D eigenvalue weighted by atomic mass is 16.2. The molecule has 1 aliphatic carbocycles. The van der Waals surface area contributed by atoms with Crippen LogP contribution in [0.1, 0.15) is 39.5 Å². The summed E-state index contributed by atoms with van der Waals surface area (Å²) in [5.74, 6) is -0.101. The molecule has 2 amide bonds. The molecule has 0 saturated heterocycles. The smallest absolute Gasteiger partial charge is 0.236 e. The Morgan fingerprint density at radius 1 is 1.35 bits per heavy atom. The Bertz CT molecular complexity index is 291. The Kier molecular flexibility index (Phi) is 4.93. The third kappa shape index (κ3) is 3.70. The van der Waals surface area contributed by atoms with Crippen LogP contribution in [0.3, 0.4) is 0 Å². The monoisotopic (exact) mass is 241 g/mol. The Labute approximate surface area is 103 Å². The van der Waals surface area contributed by atoms with E-state index in [0.29, 0.717) is 0 Å². The number of nitrogens with zero attached hydrogens (tertiary/aromatic N) is 1. The zero-order chi connectivity index (χ0) is 13.0. The van der Waals surface area contributed by atoms with Gasteiger partial charge in [-0.05, 0) is 19.8 Å². The molecule has 0 aliphatic heterocycles. The van der Waals surface area contributed by atoms with E-state index in [0.717, 1.165) is 25.7 Å². The van der Waals surface area contributed by atoms with Gasteiger partial charge in [0.1, 0.15) is 0 Å². The van der Waals surface area contributed by atoms with Gasteiger partial charge in [0.05, 0.1) is 12.1 Å². The number of likely N-dealkylation sites (N-methyl/N-ethyl adjacent to an activating group) is 1. The Morgan fingerprint density at radius 3 is 2.47 bits per heavy atom. The number of rotatable bonds is 3. The lowest BCUT2D eigenvalue weighted by Gasteiger charge is -2.38. The summed E-state index contributed by atoms with van der Waals surface area (Å²) in [4.78, 5) is 24.7. The molecule has 1 rings (SSSR count). The van der Waals surface area contributed by atoms with E-state index < -0.39 is 6.04 Å². The summed E-state index contributed by atoms with van der Waals surface area (Å²) in [5, 5.41) is 2.95. The lowest BCUT2D eigenvalue weighted by molar-refractivity contribution is -0.132. The predicted octanol–water partition coefficient (Wildman–Crippen LogP) is 0.239. The number of carbonyl (C=O) groups is 2. The molecule has 0 aromatic heterocycles. The van der Waals surface area contributed by atoms with Crippen molar-refractivity contribution in [1.82, 2.24) is 10.2 Å². The van der Waals surface area contributed by atoms with Gasteiger partial charge in [-0.3, -0.25) is 9.59 Å². The molecule has 3 N–H and O–H groups in total. The van der Waals surface area contributed by atoms with Crippen molar-refractivity contribution in [3.8, 4) is 0 Å². The first-order valence-corrected chi connectivity index (χ1v) is 6.23. The van der Waals surface area contributed by atoms with E-state index in [9.17, 15) is 9.59 Å². The van der Waals surface area contributed by atoms with E-state index in [-0.39, 0.29) is 23.9 Å². The second kappa shape index (κ2) is 6.00. The average Bonchev–Trinajstić information content (AvgIpc) is 2.28. The molecule has 5 heteroatoms. The fourth-order valence-corrected chi connectivity index (χ4v) is 2.29. The van der Waals surface area contributed by atoms with E-state index in [1.165, 1.54) is 0 Å². The van der Waals surface area contributed by atoms with Gasteiger partial charge in [0, 0.05) is 20.0 Å². The maximum Gasteiger partial charge on any atom is 0.236 e. The maximum absolute atomic E-state index is 11.6. The molecular weight excluding hydrogens is 218 g/mol. The SMILES string of the molecule is CC(=O)N(C)C1CCCCC1NC(=O)C(C)N. The molecule has 17 heavy (non-hydrogen) atoms. The van der Waals surface area contributed by atoms with Crippen LogP contribution < -0.4 is 11.1 Å². The molecule has 98 valence electrons. The molecule has 1 saturated carbocycles. The maximum atomic E-state index is 11.6. The summed E-state index contributed by atoms with van der Waals surface area (Å²) in [6.45, 7) is 3.22. The van der Waals surface area contributed by atoms with Crippen molar-refractivity contribution in [3.63, 3.8) is 0 Å². The van der Waals surface area contributed by atoms with E-state index >= 15 is 0 Å². The van der Waals surface area contributed by atoms with Crippen molar-refractivity contribution in [3.05, 3.63) is 0 Å². The van der Waals surface area contributed by atoms with Crippen molar-refractivity contribution in [2.75, 3.05) is 7.05 Å². The second-order valence-electron chi connectivity index (χ2n) is 4.89. The fraction of sp³-hybridized carbons (Fsp3) is 0.833. The van der Waals surface area contributed by atoms with Crippen LogP contribution in [0, 0.1) is 0 Å². The van der Waals surface area contributed by atoms with Crippen molar-refractivity contribution in [2.24, 2.45) is 5.73 Å². The average molecular weight is 241 g/mol. The molecule has 0 heterocycles. The summed E-state index contributed by atoms with van der Waals surface area (Å²) in [6.07, 6.45) is 4.06. The summed E-state index contributed by atoms with van der Waals surface area (Å²) >= 11 is 0. The first kappa shape index (κ1) is 14.0. The lowest BCUT2D eigenvalue weighted by Crippen LogP contribution is -2.55. The minimum Gasteiger partial charge on any atom is -0.350 e. The summed E-state index contributed by atoms with van der Waals surface area (Å²) in [6, 6.07) is -0.361. The second-order valence-corrected chi connectivity index (χ2v) is 4.89. The molecule has 5 nitrogen and oxygen atoms in total. The number of hydrogen-bond donors (Lipinski definition) is 2. The fourth-order valence-electron chi connectivity index (χ4n) is 2.29. The van der Waals surface area contributed by atoms with E-state index in [2.05, 4.69) is 5.32 Å². The van der Waals surface area contributed by atoms with Gasteiger partial charge in [0.25, 0.3) is 0 Å². The standard InChI is InChI=1S/C12H23N3O2/c1-8(13)12(17)14-10-6-4-5-7-11(10)15(3)9(2)16/h8,10-11H,4-7,13H2,1-3H3,(H,14,17). The van der Waals surface area contributed by atoms with Gasteiger partial charge < -0.3 is 16.0 Å². The highest BCUT2D eigenvalue weighted by Gasteiger charge is 2.31. The molecule has 0 radical (unpaired) electrons. The van der Waals surface area contributed by atoms with E-state index in [4.69, 9.17) is 5.73 Å². The number of amides is 2. The summed E-state index contributed by atoms with van der Waals surface area (Å²) in [7, 11) is 1.79. The first-order chi connectivity index (χ1) is 7.93. The van der Waals surface area contributed by atoms with Crippen LogP contribution in [0.5, 0.6) is 0 Å². The molecular formula is C12H23N3O2. The predicted molar refractivity (Wildman–Crippen MR) is 66.3 cm³/mol. The molecule has 1 aliphatic rings. The van der Waals surface area contributed by atoms with Crippen molar-refractivity contribution < 1.29 is 9.59 Å². The van der Waals surface area contributed by atoms with Gasteiger partial charge in [-0.25, -0.2) is 0 Å². The van der Waals surface area contributed by atoms with Crippen LogP contribution in [0.25, 0.3) is 0 Å². The van der Waals surface area contributed by atoms with Crippen LogP contribution in [-0.2, 0) is 9.59 Å². The Hall–Kier alpha value is -1.10. The molecule has 3 atom stereocenters. The van der Waals surface area contributed by atoms with Gasteiger partial charge in [0.15, 0.2) is 0 Å². The van der Waals surface area contributed by atoms with E-state index in [1.807, 2.05) is 0 Å². The van der Waals surface area contributed by atoms with E-state index in [1.54, 1.807) is 25.8 Å². The van der Waals surface area contributed by atoms with Gasteiger partial charge in [0.2, 0.25) is 11.8 Å². The molecule has 0 bridgehead atoms. The lowest BCUT2D eigenvalue weighted by atomic mass is 9.89. The minimum atomic E-state index is -0.500. The largest absolute Gasteiger partial charge is 0.350 e. The molecule has 1 fully saturated rings. The summed E-state index contributed by atoms with van der Waals surface area (Å²) < 4.78 is 0. The van der Waals surface area contributed by atoms with Crippen LogP contribution in [-0.4, -0.2) is 41.9 Å². The third-order valence-corrected chi connectivity index (χ3v) is 3.46. The van der Waals surface area contributed by atoms with Crippen molar-refractivity contribution >= 4 is 11.8 Å². The minimum absolute atomic E-state index is 0.0381. The van der Waals surface area contributed by atoms with Crippen LogP contribution in [0.15, 0.2) is 0 Å². The topological polar surface area (TPSA) is 75.4 Å². The number of nitrogens with one attached hydrogen (secondary N) is 1. The Morgan fingerprint density at radius 2 is 1.94 bits per heavy atom. The summed E-state index contributed by atoms with van der Waals surface area (Å²) in [5.41, 5.74) is 5.54. The van der Waals surface area contributed by atoms with Gasteiger partial charge in [-0.15, -0.1) is 0 Å². The van der Waals surface area contributed by atoms with Gasteiger partial charge >= 0.3 is 0 Å². The highest BCUT2D eigenvalue weighted by Crippen LogP contribution is 2.22. The highest BCUT2D eigenvalue weighted by molar-refractivity contribution is 5.81. The van der Waals surface area contributed by atoms with Crippen molar-refractivity contribution in [2.45, 2.75) is 57.7 Å². The zero-order valence-electron chi connectivity index (χ0n) is 10.9. The Balaban J connectivity index is 2.66. The number of carbonyl (C=O) groups excluding carboxylic acids is 2. The van der Waals surface area contributed by atoms with Gasteiger partial charge in [-0.2, -0.15) is 0 Å². The normalized spacial score (nSPS) is 26.1. The molecule has 3 unspecified atom stereocenters. The molecule has 0 aromatic carbocycles. The van der Waals surface area contributed by atoms with Crippen LogP contribution in [0.2, 0.25) is 0 Å². The molecule has 0 spiro atoms. The van der Waals surface area contributed by atoms with Crippen LogP contribution >= 0.6 is 0 Å². The van der Waals surface area contributed by atoms with Crippen LogP contribution in [0.4, 0.5) is 0 Å². The number of nitrogens with two attached hydrogens (primary N) is 1. The number of hydrogen-bond acceptors (Lipinski definition) is 3. The van der Waals surface area contributed by atoms with Gasteiger partial charge in [-0.1, -0.05) is 12.8 Å². The third-order valence-electron chi connectivity index (χ3n) is 3.46.